The zero-order chi connectivity index (χ0) is 9.52. The van der Waals surface area contributed by atoms with E-state index in [1.807, 2.05) is 30.3 Å². The molecular formula is C11H17NO. The van der Waals surface area contributed by atoms with E-state index in [9.17, 15) is 0 Å². The first-order chi connectivity index (χ1) is 6.33. The zero-order valence-corrected chi connectivity index (χ0v) is 8.07. The zero-order valence-electron chi connectivity index (χ0n) is 8.07. The largest absolute Gasteiger partial charge is 0.300 e. The van der Waals surface area contributed by atoms with E-state index in [1.54, 1.807) is 0 Å². The maximum absolute atomic E-state index is 4.86. The smallest absolute Gasteiger partial charge is 0.0930 e. The fourth-order valence-corrected chi connectivity index (χ4v) is 0.837. The summed E-state index contributed by atoms with van der Waals surface area (Å²) in [5.74, 6) is 5.94. The molecule has 72 valence electrons. The molecule has 0 radical (unpaired) electrons. The Morgan fingerprint density at radius 2 is 1.85 bits per heavy atom. The molecule has 0 heterocycles. The third kappa shape index (κ3) is 5.39. The predicted octanol–water partition coefficient (Wildman–Crippen LogP) is 2.49. The van der Waals surface area contributed by atoms with Crippen molar-refractivity contribution in [2.75, 3.05) is 0 Å². The average Bonchev–Trinajstić information content (AvgIpc) is 2.91. The second-order valence-corrected chi connectivity index (χ2v) is 3.48. The van der Waals surface area contributed by atoms with Crippen LogP contribution < -0.4 is 5.90 Å². The first-order valence-corrected chi connectivity index (χ1v) is 4.68. The molecule has 13 heavy (non-hydrogen) atoms. The van der Waals surface area contributed by atoms with E-state index in [0.717, 1.165) is 11.5 Å². The quantitative estimate of drug-likeness (QED) is 0.708. The SMILES string of the molecule is CC1CC1.NOCc1ccccc1. The van der Waals surface area contributed by atoms with Gasteiger partial charge in [-0.3, -0.25) is 4.84 Å². The summed E-state index contributed by atoms with van der Waals surface area (Å²) in [6, 6.07) is 9.79. The third-order valence-corrected chi connectivity index (χ3v) is 1.96. The van der Waals surface area contributed by atoms with Crippen LogP contribution in [0.1, 0.15) is 25.3 Å². The van der Waals surface area contributed by atoms with Gasteiger partial charge in [-0.2, -0.15) is 0 Å². The Labute approximate surface area is 79.7 Å². The topological polar surface area (TPSA) is 35.2 Å². The van der Waals surface area contributed by atoms with Crippen molar-refractivity contribution in [2.45, 2.75) is 26.4 Å². The molecule has 1 aromatic rings. The van der Waals surface area contributed by atoms with E-state index in [1.165, 1.54) is 12.8 Å². The molecule has 2 nitrogen and oxygen atoms in total. The van der Waals surface area contributed by atoms with Gasteiger partial charge in [0.05, 0.1) is 6.61 Å². The number of benzene rings is 1. The van der Waals surface area contributed by atoms with Crippen molar-refractivity contribution < 1.29 is 4.84 Å². The molecule has 1 aliphatic rings. The van der Waals surface area contributed by atoms with Crippen molar-refractivity contribution in [3.63, 3.8) is 0 Å². The van der Waals surface area contributed by atoms with Crippen LogP contribution in [0.25, 0.3) is 0 Å². The molecule has 0 aromatic heterocycles. The molecule has 2 N–H and O–H groups in total. The van der Waals surface area contributed by atoms with E-state index in [4.69, 9.17) is 5.90 Å². The van der Waals surface area contributed by atoms with Crippen LogP contribution in [0.4, 0.5) is 0 Å². The van der Waals surface area contributed by atoms with Gasteiger partial charge in [-0.15, -0.1) is 0 Å². The van der Waals surface area contributed by atoms with Crippen LogP contribution in [0.2, 0.25) is 0 Å². The highest BCUT2D eigenvalue weighted by atomic mass is 16.6. The Balaban J connectivity index is 0.000000175. The maximum atomic E-state index is 4.86. The highest BCUT2D eigenvalue weighted by molar-refractivity contribution is 5.13. The van der Waals surface area contributed by atoms with Crippen LogP contribution in [-0.2, 0) is 11.4 Å². The van der Waals surface area contributed by atoms with Gasteiger partial charge < -0.3 is 0 Å². The number of hydrogen-bond acceptors (Lipinski definition) is 2. The van der Waals surface area contributed by atoms with Crippen molar-refractivity contribution in [2.24, 2.45) is 11.8 Å². The van der Waals surface area contributed by atoms with Crippen LogP contribution in [0, 0.1) is 5.92 Å². The lowest BCUT2D eigenvalue weighted by atomic mass is 10.2. The van der Waals surface area contributed by atoms with Crippen molar-refractivity contribution in [1.29, 1.82) is 0 Å². The van der Waals surface area contributed by atoms with E-state index < -0.39 is 0 Å². The molecule has 0 bridgehead atoms. The van der Waals surface area contributed by atoms with E-state index in [-0.39, 0.29) is 0 Å². The fraction of sp³-hybridized carbons (Fsp3) is 0.455. The van der Waals surface area contributed by atoms with Crippen molar-refractivity contribution in [3.8, 4) is 0 Å². The third-order valence-electron chi connectivity index (χ3n) is 1.96. The Hall–Kier alpha value is -0.860. The maximum Gasteiger partial charge on any atom is 0.0930 e. The molecule has 0 atom stereocenters. The molecule has 0 unspecified atom stereocenters. The van der Waals surface area contributed by atoms with E-state index in [2.05, 4.69) is 11.8 Å². The van der Waals surface area contributed by atoms with Gasteiger partial charge in [0.1, 0.15) is 0 Å². The van der Waals surface area contributed by atoms with Crippen molar-refractivity contribution >= 4 is 0 Å². The van der Waals surface area contributed by atoms with Gasteiger partial charge in [0.2, 0.25) is 0 Å². The molecule has 0 spiro atoms. The molecular weight excluding hydrogens is 162 g/mol. The highest BCUT2D eigenvalue weighted by Gasteiger charge is 2.12. The summed E-state index contributed by atoms with van der Waals surface area (Å²) < 4.78 is 0. The lowest BCUT2D eigenvalue weighted by Gasteiger charge is -1.94. The minimum atomic E-state index is 0.487. The summed E-state index contributed by atoms with van der Waals surface area (Å²) in [6.07, 6.45) is 2.97. The van der Waals surface area contributed by atoms with E-state index >= 15 is 0 Å². The Morgan fingerprint density at radius 3 is 2.23 bits per heavy atom. The minimum absolute atomic E-state index is 0.487. The summed E-state index contributed by atoms with van der Waals surface area (Å²) in [5, 5.41) is 0. The molecule has 1 aliphatic carbocycles. The second kappa shape index (κ2) is 5.73. The van der Waals surface area contributed by atoms with Gasteiger partial charge in [0, 0.05) is 0 Å². The summed E-state index contributed by atoms with van der Waals surface area (Å²) in [5.41, 5.74) is 1.10. The molecule has 0 aliphatic heterocycles. The summed E-state index contributed by atoms with van der Waals surface area (Å²) in [6.45, 7) is 2.76. The normalized spacial score (nSPS) is 14.6. The Morgan fingerprint density at radius 1 is 1.31 bits per heavy atom. The van der Waals surface area contributed by atoms with Crippen LogP contribution in [0.3, 0.4) is 0 Å². The number of rotatable bonds is 2. The number of nitrogens with two attached hydrogens (primary N) is 1. The van der Waals surface area contributed by atoms with Gasteiger partial charge >= 0.3 is 0 Å². The Kier molecular flexibility index (Phi) is 4.50. The van der Waals surface area contributed by atoms with Gasteiger partial charge in [-0.05, 0) is 11.5 Å². The summed E-state index contributed by atoms with van der Waals surface area (Å²) in [4.78, 5) is 4.43. The second-order valence-electron chi connectivity index (χ2n) is 3.48. The molecule has 1 saturated carbocycles. The Bertz CT molecular complexity index is 219. The minimum Gasteiger partial charge on any atom is -0.300 e. The van der Waals surface area contributed by atoms with Crippen molar-refractivity contribution in [1.82, 2.24) is 0 Å². The van der Waals surface area contributed by atoms with Crippen LogP contribution in [-0.4, -0.2) is 0 Å². The molecule has 1 fully saturated rings. The highest BCUT2D eigenvalue weighted by Crippen LogP contribution is 2.26. The molecule has 0 amide bonds. The van der Waals surface area contributed by atoms with Gasteiger partial charge in [-0.1, -0.05) is 50.1 Å². The number of hydrogen-bond donors (Lipinski definition) is 1. The monoisotopic (exact) mass is 179 g/mol. The fourth-order valence-electron chi connectivity index (χ4n) is 0.837. The molecule has 2 heteroatoms. The van der Waals surface area contributed by atoms with Gasteiger partial charge in [0.25, 0.3) is 0 Å². The lowest BCUT2D eigenvalue weighted by Crippen LogP contribution is -1.97. The van der Waals surface area contributed by atoms with E-state index in [0.29, 0.717) is 6.61 Å². The van der Waals surface area contributed by atoms with Crippen LogP contribution in [0.15, 0.2) is 30.3 Å². The first-order valence-electron chi connectivity index (χ1n) is 4.68. The van der Waals surface area contributed by atoms with Gasteiger partial charge in [-0.25, -0.2) is 5.90 Å². The summed E-state index contributed by atoms with van der Waals surface area (Å²) >= 11 is 0. The summed E-state index contributed by atoms with van der Waals surface area (Å²) in [7, 11) is 0. The lowest BCUT2D eigenvalue weighted by molar-refractivity contribution is 0.124. The molecule has 0 saturated heterocycles. The first kappa shape index (κ1) is 10.2. The van der Waals surface area contributed by atoms with Crippen molar-refractivity contribution in [3.05, 3.63) is 35.9 Å². The molecule has 2 rings (SSSR count). The predicted molar refractivity (Wildman–Crippen MR) is 53.8 cm³/mol. The standard InChI is InChI=1S/C7H9NO.C4H8/c8-9-6-7-4-2-1-3-5-7;1-4-2-3-4/h1-5H,6,8H2;4H,2-3H2,1H3. The van der Waals surface area contributed by atoms with Gasteiger partial charge in [0.15, 0.2) is 0 Å². The van der Waals surface area contributed by atoms with Crippen LogP contribution >= 0.6 is 0 Å². The van der Waals surface area contributed by atoms with Crippen LogP contribution in [0.5, 0.6) is 0 Å². The average molecular weight is 179 g/mol. The molecule has 1 aromatic carbocycles.